The lowest BCUT2D eigenvalue weighted by Gasteiger charge is -2.31. The maximum Gasteiger partial charge on any atom is 0.321 e. The number of benzene rings is 1. The fourth-order valence-electron chi connectivity index (χ4n) is 2.69. The van der Waals surface area contributed by atoms with Gasteiger partial charge in [-0.25, -0.2) is 4.79 Å². The molecule has 0 heterocycles. The molecule has 0 radical (unpaired) electrons. The van der Waals surface area contributed by atoms with Gasteiger partial charge in [-0.3, -0.25) is 0 Å². The summed E-state index contributed by atoms with van der Waals surface area (Å²) in [6, 6.07) is 5.87. The molecule has 24 heavy (non-hydrogen) atoms. The molecular weight excluding hydrogens is 304 g/mol. The van der Waals surface area contributed by atoms with Crippen molar-refractivity contribution in [3.05, 3.63) is 29.3 Å². The van der Waals surface area contributed by atoms with Gasteiger partial charge in [0.05, 0.1) is 13.2 Å². The monoisotopic (exact) mass is 336 g/mol. The number of aliphatic hydroxyl groups excluding tert-OH is 2. The maximum atomic E-state index is 12.6. The molecular formula is C19H32N2O3. The Balaban J connectivity index is 3.05. The second-order valence-corrected chi connectivity index (χ2v) is 7.53. The molecule has 0 atom stereocenters. The van der Waals surface area contributed by atoms with Gasteiger partial charge in [-0.05, 0) is 23.0 Å². The first-order chi connectivity index (χ1) is 11.1. The molecule has 1 aromatic rings. The van der Waals surface area contributed by atoms with E-state index in [9.17, 15) is 15.0 Å². The van der Waals surface area contributed by atoms with Gasteiger partial charge in [0.25, 0.3) is 0 Å². The molecule has 0 unspecified atom stereocenters. The molecule has 5 heteroatoms. The van der Waals surface area contributed by atoms with E-state index < -0.39 is 5.41 Å². The first-order valence-electron chi connectivity index (χ1n) is 8.52. The van der Waals surface area contributed by atoms with Gasteiger partial charge in [0.1, 0.15) is 0 Å². The van der Waals surface area contributed by atoms with Gasteiger partial charge in [0, 0.05) is 24.7 Å². The van der Waals surface area contributed by atoms with E-state index in [-0.39, 0.29) is 25.8 Å². The minimum atomic E-state index is -0.718. The SMILES string of the molecule is CC(C)c1cccc(C(C)C)c1NC(=O)N(C)CC(C)(CO)CO. The second kappa shape index (κ2) is 8.49. The Hall–Kier alpha value is -1.59. The molecule has 3 N–H and O–H groups in total. The molecule has 1 aromatic carbocycles. The third-order valence-electron chi connectivity index (χ3n) is 4.33. The standard InChI is InChI=1S/C19H32N2O3/c1-13(2)15-8-7-9-16(14(3)4)17(15)20-18(24)21(6)10-19(5,11-22)12-23/h7-9,13-14,22-23H,10-12H2,1-6H3,(H,20,24). The summed E-state index contributed by atoms with van der Waals surface area (Å²) in [5, 5.41) is 21.9. The molecule has 2 amide bonds. The fourth-order valence-corrected chi connectivity index (χ4v) is 2.69. The van der Waals surface area contributed by atoms with Crippen molar-refractivity contribution in [2.45, 2.75) is 46.5 Å². The molecule has 0 aromatic heterocycles. The summed E-state index contributed by atoms with van der Waals surface area (Å²) < 4.78 is 0. The summed E-state index contributed by atoms with van der Waals surface area (Å²) in [5.74, 6) is 0.592. The zero-order valence-electron chi connectivity index (χ0n) is 15.8. The quantitative estimate of drug-likeness (QED) is 0.714. The Kier molecular flexibility index (Phi) is 7.24. The van der Waals surface area contributed by atoms with E-state index in [1.165, 1.54) is 4.90 Å². The predicted molar refractivity (Wildman–Crippen MR) is 98.5 cm³/mol. The highest BCUT2D eigenvalue weighted by Gasteiger charge is 2.27. The van der Waals surface area contributed by atoms with Crippen LogP contribution in [0, 0.1) is 5.41 Å². The van der Waals surface area contributed by atoms with E-state index in [4.69, 9.17) is 0 Å². The topological polar surface area (TPSA) is 72.8 Å². The highest BCUT2D eigenvalue weighted by atomic mass is 16.3. The molecule has 0 aliphatic carbocycles. The Morgan fingerprint density at radius 2 is 1.58 bits per heavy atom. The molecule has 0 aliphatic rings. The van der Waals surface area contributed by atoms with Crippen molar-refractivity contribution in [1.82, 2.24) is 4.90 Å². The first kappa shape index (κ1) is 20.5. The van der Waals surface area contributed by atoms with Gasteiger partial charge in [-0.1, -0.05) is 52.8 Å². The number of rotatable bonds is 7. The lowest BCUT2D eigenvalue weighted by atomic mass is 9.92. The molecule has 1 rings (SSSR count). The first-order valence-corrected chi connectivity index (χ1v) is 8.52. The summed E-state index contributed by atoms with van der Waals surface area (Å²) in [6.07, 6.45) is 0. The number of anilines is 1. The average molecular weight is 336 g/mol. The van der Waals surface area contributed by atoms with Crippen molar-refractivity contribution >= 4 is 11.7 Å². The Morgan fingerprint density at radius 1 is 1.12 bits per heavy atom. The Labute approximate surface area is 145 Å². The van der Waals surface area contributed by atoms with E-state index >= 15 is 0 Å². The van der Waals surface area contributed by atoms with Crippen LogP contribution in [0.3, 0.4) is 0 Å². The summed E-state index contributed by atoms with van der Waals surface area (Å²) in [7, 11) is 1.67. The lowest BCUT2D eigenvalue weighted by Crippen LogP contribution is -2.43. The number of nitrogens with one attached hydrogen (secondary N) is 1. The molecule has 0 fully saturated rings. The smallest absolute Gasteiger partial charge is 0.321 e. The molecule has 136 valence electrons. The van der Waals surface area contributed by atoms with E-state index in [1.807, 2.05) is 18.2 Å². The number of para-hydroxylation sites is 1. The minimum Gasteiger partial charge on any atom is -0.396 e. The summed E-state index contributed by atoms with van der Waals surface area (Å²) in [4.78, 5) is 14.1. The number of aliphatic hydroxyl groups is 2. The van der Waals surface area contributed by atoms with Crippen LogP contribution in [0.4, 0.5) is 10.5 Å². The largest absolute Gasteiger partial charge is 0.396 e. The number of urea groups is 1. The summed E-state index contributed by atoms with van der Waals surface area (Å²) in [5.41, 5.74) is 2.36. The third kappa shape index (κ3) is 4.95. The van der Waals surface area contributed by atoms with E-state index in [2.05, 4.69) is 33.0 Å². The van der Waals surface area contributed by atoms with Crippen LogP contribution in [0.15, 0.2) is 18.2 Å². The second-order valence-electron chi connectivity index (χ2n) is 7.53. The minimum absolute atomic E-state index is 0.180. The van der Waals surface area contributed by atoms with E-state index in [0.717, 1.165) is 16.8 Å². The fraction of sp³-hybridized carbons (Fsp3) is 0.632. The van der Waals surface area contributed by atoms with Gasteiger partial charge in [0.15, 0.2) is 0 Å². The highest BCUT2D eigenvalue weighted by molar-refractivity contribution is 5.91. The van der Waals surface area contributed by atoms with Crippen LogP contribution >= 0.6 is 0 Å². The van der Waals surface area contributed by atoms with Crippen LogP contribution in [0.2, 0.25) is 0 Å². The van der Waals surface area contributed by atoms with Crippen molar-refractivity contribution < 1.29 is 15.0 Å². The number of hydrogen-bond donors (Lipinski definition) is 3. The van der Waals surface area contributed by atoms with Crippen molar-refractivity contribution in [3.63, 3.8) is 0 Å². The van der Waals surface area contributed by atoms with Crippen molar-refractivity contribution in [2.24, 2.45) is 5.41 Å². The van der Waals surface area contributed by atoms with Gasteiger partial charge in [0.2, 0.25) is 0 Å². The van der Waals surface area contributed by atoms with Crippen LogP contribution in [0.1, 0.15) is 57.6 Å². The number of carbonyl (C=O) groups excluding carboxylic acids is 1. The zero-order chi connectivity index (χ0) is 18.5. The molecule has 0 spiro atoms. The normalized spacial score (nSPS) is 11.9. The number of nitrogens with zero attached hydrogens (tertiary/aromatic N) is 1. The van der Waals surface area contributed by atoms with Gasteiger partial charge in [-0.15, -0.1) is 0 Å². The van der Waals surface area contributed by atoms with Gasteiger partial charge < -0.3 is 20.4 Å². The maximum absolute atomic E-state index is 12.6. The molecule has 0 bridgehead atoms. The van der Waals surface area contributed by atoms with Crippen LogP contribution < -0.4 is 5.32 Å². The van der Waals surface area contributed by atoms with Crippen LogP contribution in [-0.2, 0) is 0 Å². The number of amides is 2. The van der Waals surface area contributed by atoms with Crippen molar-refractivity contribution in [2.75, 3.05) is 32.1 Å². The Bertz CT molecular complexity index is 525. The van der Waals surface area contributed by atoms with Crippen LogP contribution in [0.25, 0.3) is 0 Å². The van der Waals surface area contributed by atoms with E-state index in [1.54, 1.807) is 14.0 Å². The third-order valence-corrected chi connectivity index (χ3v) is 4.33. The van der Waals surface area contributed by atoms with Crippen LogP contribution in [-0.4, -0.2) is 48.0 Å². The number of carbonyl (C=O) groups is 1. The molecule has 5 nitrogen and oxygen atoms in total. The van der Waals surface area contributed by atoms with Gasteiger partial charge >= 0.3 is 6.03 Å². The Morgan fingerprint density at radius 3 is 1.96 bits per heavy atom. The summed E-state index contributed by atoms with van der Waals surface area (Å²) in [6.45, 7) is 10.1. The lowest BCUT2D eigenvalue weighted by molar-refractivity contribution is 0.0509. The zero-order valence-corrected chi connectivity index (χ0v) is 15.8. The molecule has 0 saturated carbocycles. The van der Waals surface area contributed by atoms with E-state index in [0.29, 0.717) is 11.8 Å². The van der Waals surface area contributed by atoms with Crippen molar-refractivity contribution in [1.29, 1.82) is 0 Å². The highest BCUT2D eigenvalue weighted by Crippen LogP contribution is 2.32. The van der Waals surface area contributed by atoms with Crippen molar-refractivity contribution in [3.8, 4) is 0 Å². The number of hydrogen-bond acceptors (Lipinski definition) is 3. The van der Waals surface area contributed by atoms with Crippen LogP contribution in [0.5, 0.6) is 0 Å². The molecule has 0 aliphatic heterocycles. The van der Waals surface area contributed by atoms with Gasteiger partial charge in [-0.2, -0.15) is 0 Å². The predicted octanol–water partition coefficient (Wildman–Crippen LogP) is 3.39. The molecule has 0 saturated heterocycles. The summed E-state index contributed by atoms with van der Waals surface area (Å²) >= 11 is 0. The average Bonchev–Trinajstić information content (AvgIpc) is 2.54.